The Bertz CT molecular complexity index is 769. The molecule has 0 unspecified atom stereocenters. The molecule has 0 aliphatic rings. The zero-order valence-corrected chi connectivity index (χ0v) is 15.4. The van der Waals surface area contributed by atoms with Gasteiger partial charge in [0, 0.05) is 17.1 Å². The molecule has 1 amide bonds. The van der Waals surface area contributed by atoms with Crippen molar-refractivity contribution in [1.29, 1.82) is 5.26 Å². The van der Waals surface area contributed by atoms with E-state index in [1.807, 2.05) is 24.5 Å². The second-order valence-electron chi connectivity index (χ2n) is 4.55. The smallest absolute Gasteiger partial charge is 0.234 e. The molecule has 2 rings (SSSR count). The monoisotopic (exact) mass is 377 g/mol. The van der Waals surface area contributed by atoms with E-state index in [1.54, 1.807) is 12.1 Å². The maximum absolute atomic E-state index is 12.1. The average Bonchev–Trinajstić information content (AvgIpc) is 3.02. The second-order valence-corrected chi connectivity index (χ2v) is 7.61. The molecule has 0 saturated heterocycles. The summed E-state index contributed by atoms with van der Waals surface area (Å²) in [6.45, 7) is 6.14. The van der Waals surface area contributed by atoms with Crippen LogP contribution in [0, 0.1) is 17.6 Å². The van der Waals surface area contributed by atoms with Crippen LogP contribution in [0.2, 0.25) is 0 Å². The third kappa shape index (κ3) is 5.56. The van der Waals surface area contributed by atoms with Crippen LogP contribution in [0.5, 0.6) is 0 Å². The maximum Gasteiger partial charge on any atom is 0.234 e. The van der Waals surface area contributed by atoms with Crippen LogP contribution in [0.3, 0.4) is 0 Å². The van der Waals surface area contributed by atoms with E-state index in [-0.39, 0.29) is 11.7 Å². The van der Waals surface area contributed by atoms with Gasteiger partial charge in [-0.05, 0) is 42.4 Å². The molecule has 24 heavy (non-hydrogen) atoms. The zero-order valence-electron chi connectivity index (χ0n) is 12.9. The van der Waals surface area contributed by atoms with Crippen molar-refractivity contribution in [2.75, 3.05) is 22.9 Å². The lowest BCUT2D eigenvalue weighted by Gasteiger charge is -2.08. The van der Waals surface area contributed by atoms with E-state index in [9.17, 15) is 4.79 Å². The van der Waals surface area contributed by atoms with E-state index in [0.717, 1.165) is 32.2 Å². The fourth-order valence-corrected chi connectivity index (χ4v) is 3.74. The molecule has 9 heteroatoms. The number of nitrogens with one attached hydrogen (secondary N) is 2. The molecule has 124 valence electrons. The van der Waals surface area contributed by atoms with Crippen molar-refractivity contribution in [3.05, 3.63) is 36.4 Å². The van der Waals surface area contributed by atoms with Crippen molar-refractivity contribution in [2.24, 2.45) is 0 Å². The number of amides is 1. The first-order valence-electron chi connectivity index (χ1n) is 6.90. The van der Waals surface area contributed by atoms with Gasteiger partial charge in [-0.3, -0.25) is 4.79 Å². The molecule has 0 fully saturated rings. The normalized spacial score (nSPS) is 10.0. The van der Waals surface area contributed by atoms with Gasteiger partial charge in [0.25, 0.3) is 0 Å². The summed E-state index contributed by atoms with van der Waals surface area (Å²) >= 11 is 3.83. The molecule has 0 radical (unpaired) electrons. The molecular weight excluding hydrogens is 362 g/mol. The van der Waals surface area contributed by atoms with Gasteiger partial charge in [0.2, 0.25) is 11.0 Å². The molecule has 0 spiro atoms. The Balaban J connectivity index is 1.86. The van der Waals surface area contributed by atoms with Crippen molar-refractivity contribution in [2.45, 2.75) is 16.2 Å². The summed E-state index contributed by atoms with van der Waals surface area (Å²) in [6, 6.07) is 5.49. The maximum atomic E-state index is 12.1. The molecule has 0 aliphatic carbocycles. The fourth-order valence-electron chi connectivity index (χ4n) is 1.71. The van der Waals surface area contributed by atoms with E-state index in [0.29, 0.717) is 11.7 Å². The molecule has 6 nitrogen and oxygen atoms in total. The van der Waals surface area contributed by atoms with Gasteiger partial charge >= 0.3 is 0 Å². The first-order valence-corrected chi connectivity index (χ1v) is 9.51. The number of aromatic nitrogens is 2. The first kappa shape index (κ1) is 18.3. The number of benzene rings is 1. The number of nitrogens with zero attached hydrogens (tertiary/aromatic N) is 3. The van der Waals surface area contributed by atoms with Crippen LogP contribution in [-0.2, 0) is 4.79 Å². The van der Waals surface area contributed by atoms with Gasteiger partial charge in [0.05, 0.1) is 5.75 Å². The summed E-state index contributed by atoms with van der Waals surface area (Å²) in [7, 11) is 0. The third-order valence-electron chi connectivity index (χ3n) is 2.77. The van der Waals surface area contributed by atoms with E-state index in [4.69, 9.17) is 5.26 Å². The SMILES string of the molecule is C=CCNc1nnc(SCC(=O)Nc2ccc(SC#N)cc2C)s1. The Hall–Kier alpha value is -2.02. The predicted octanol–water partition coefficient (Wildman–Crippen LogP) is 3.75. The lowest BCUT2D eigenvalue weighted by Crippen LogP contribution is -2.14. The quantitative estimate of drug-likeness (QED) is 0.411. The standard InChI is InChI=1S/C15H15N5OS3/c1-3-6-17-14-19-20-15(24-14)22-8-13(21)18-12-5-4-11(23-9-16)7-10(12)2/h3-5,7H,1,6,8H2,2H3,(H,17,19)(H,18,21). The Morgan fingerprint density at radius 3 is 3.04 bits per heavy atom. The molecule has 2 aromatic rings. The number of hydrogen-bond acceptors (Lipinski definition) is 8. The molecule has 1 aromatic carbocycles. The van der Waals surface area contributed by atoms with Crippen LogP contribution in [0.15, 0.2) is 40.1 Å². The molecule has 1 aromatic heterocycles. The van der Waals surface area contributed by atoms with Crippen LogP contribution < -0.4 is 10.6 Å². The number of carbonyl (C=O) groups excluding carboxylic acids is 1. The van der Waals surface area contributed by atoms with Crippen molar-refractivity contribution in [3.8, 4) is 5.40 Å². The number of anilines is 2. The van der Waals surface area contributed by atoms with Gasteiger partial charge in [-0.15, -0.1) is 16.8 Å². The van der Waals surface area contributed by atoms with Crippen LogP contribution in [0.1, 0.15) is 5.56 Å². The summed E-state index contributed by atoms with van der Waals surface area (Å²) < 4.78 is 0.731. The highest BCUT2D eigenvalue weighted by Crippen LogP contribution is 2.26. The Morgan fingerprint density at radius 1 is 1.50 bits per heavy atom. The summed E-state index contributed by atoms with van der Waals surface area (Å²) in [5.74, 6) is 0.143. The van der Waals surface area contributed by atoms with Crippen molar-refractivity contribution >= 4 is 51.6 Å². The van der Waals surface area contributed by atoms with E-state index in [1.165, 1.54) is 23.1 Å². The Morgan fingerprint density at radius 2 is 2.33 bits per heavy atom. The average molecular weight is 378 g/mol. The number of hydrogen-bond donors (Lipinski definition) is 2. The molecule has 2 N–H and O–H groups in total. The minimum absolute atomic E-state index is 0.111. The molecule has 0 bridgehead atoms. The number of carbonyl (C=O) groups is 1. The second kappa shape index (κ2) is 9.32. The Labute approximate surface area is 152 Å². The predicted molar refractivity (Wildman–Crippen MR) is 101 cm³/mol. The number of nitriles is 1. The van der Waals surface area contributed by atoms with Crippen molar-refractivity contribution in [3.63, 3.8) is 0 Å². The highest BCUT2D eigenvalue weighted by molar-refractivity contribution is 8.03. The van der Waals surface area contributed by atoms with Crippen molar-refractivity contribution < 1.29 is 4.79 Å². The van der Waals surface area contributed by atoms with Crippen LogP contribution in [0.25, 0.3) is 0 Å². The lowest BCUT2D eigenvalue weighted by atomic mass is 10.2. The minimum atomic E-state index is -0.111. The van der Waals surface area contributed by atoms with Gasteiger partial charge in [-0.25, -0.2) is 0 Å². The summed E-state index contributed by atoms with van der Waals surface area (Å²) in [6.07, 6.45) is 1.74. The molecule has 0 atom stereocenters. The molecular formula is C15H15N5OS3. The number of aryl methyl sites for hydroxylation is 1. The van der Waals surface area contributed by atoms with Crippen molar-refractivity contribution in [1.82, 2.24) is 10.2 Å². The van der Waals surface area contributed by atoms with Crippen LogP contribution in [0.4, 0.5) is 10.8 Å². The van der Waals surface area contributed by atoms with Gasteiger partial charge in [-0.1, -0.05) is 29.2 Å². The topological polar surface area (TPSA) is 90.7 Å². The largest absolute Gasteiger partial charge is 0.357 e. The van der Waals surface area contributed by atoms with Gasteiger partial charge in [0.15, 0.2) is 4.34 Å². The van der Waals surface area contributed by atoms with E-state index < -0.39 is 0 Å². The minimum Gasteiger partial charge on any atom is -0.357 e. The molecule has 1 heterocycles. The van der Waals surface area contributed by atoms with Crippen LogP contribution in [-0.4, -0.2) is 28.4 Å². The van der Waals surface area contributed by atoms with E-state index >= 15 is 0 Å². The highest BCUT2D eigenvalue weighted by atomic mass is 32.2. The lowest BCUT2D eigenvalue weighted by molar-refractivity contribution is -0.113. The first-order chi connectivity index (χ1) is 11.6. The van der Waals surface area contributed by atoms with Gasteiger partial charge < -0.3 is 10.6 Å². The number of rotatable bonds is 8. The van der Waals surface area contributed by atoms with Gasteiger partial charge in [-0.2, -0.15) is 5.26 Å². The Kier molecular flexibility index (Phi) is 7.11. The molecule has 0 aliphatic heterocycles. The zero-order chi connectivity index (χ0) is 17.4. The fraction of sp³-hybridized carbons (Fsp3) is 0.200. The van der Waals surface area contributed by atoms with Crippen LogP contribution >= 0.6 is 34.9 Å². The highest BCUT2D eigenvalue weighted by Gasteiger charge is 2.09. The van der Waals surface area contributed by atoms with Gasteiger partial charge in [0.1, 0.15) is 5.40 Å². The third-order valence-corrected chi connectivity index (χ3v) is 5.36. The molecule has 0 saturated carbocycles. The summed E-state index contributed by atoms with van der Waals surface area (Å²) in [4.78, 5) is 12.9. The number of thiocyanates is 1. The number of thioether (sulfide) groups is 2. The summed E-state index contributed by atoms with van der Waals surface area (Å²) in [5, 5.41) is 25.3. The van der Waals surface area contributed by atoms with E-state index in [2.05, 4.69) is 27.4 Å². The summed E-state index contributed by atoms with van der Waals surface area (Å²) in [5.41, 5.74) is 1.66.